The number of carbonyl (C=O) groups is 2. The van der Waals surface area contributed by atoms with Crippen molar-refractivity contribution in [3.05, 3.63) is 71.8 Å². The molecule has 0 saturated carbocycles. The van der Waals surface area contributed by atoms with Gasteiger partial charge in [0.1, 0.15) is 13.2 Å². The van der Waals surface area contributed by atoms with Crippen molar-refractivity contribution in [1.29, 1.82) is 0 Å². The lowest BCUT2D eigenvalue weighted by atomic mass is 10.2. The number of nitrogens with zero attached hydrogens (tertiary/aromatic N) is 2. The molecule has 6 heteroatoms. The number of rotatable bonds is 4. The predicted octanol–water partition coefficient (Wildman–Crippen LogP) is 3.67. The van der Waals surface area contributed by atoms with E-state index in [-0.39, 0.29) is 31.4 Å². The molecular formula is C21H24N2O4. The summed E-state index contributed by atoms with van der Waals surface area (Å²) in [4.78, 5) is 27.9. The Balaban J connectivity index is 1.45. The van der Waals surface area contributed by atoms with Crippen molar-refractivity contribution < 1.29 is 19.1 Å². The molecule has 1 saturated heterocycles. The number of ether oxygens (including phenoxy) is 2. The Kier molecular flexibility index (Phi) is 6.30. The molecule has 27 heavy (non-hydrogen) atoms. The van der Waals surface area contributed by atoms with Crippen molar-refractivity contribution >= 4 is 12.2 Å². The molecule has 0 aliphatic carbocycles. The number of hydrogen-bond acceptors (Lipinski definition) is 4. The van der Waals surface area contributed by atoms with E-state index in [2.05, 4.69) is 0 Å². The predicted molar refractivity (Wildman–Crippen MR) is 101 cm³/mol. The lowest BCUT2D eigenvalue weighted by Gasteiger charge is -2.38. The van der Waals surface area contributed by atoms with E-state index in [0.29, 0.717) is 19.6 Å². The first kappa shape index (κ1) is 18.8. The Bertz CT molecular complexity index is 751. The number of amides is 2. The molecule has 1 heterocycles. The van der Waals surface area contributed by atoms with Crippen LogP contribution in [-0.4, -0.2) is 47.7 Å². The van der Waals surface area contributed by atoms with Gasteiger partial charge < -0.3 is 19.3 Å². The molecule has 0 N–H and O–H groups in total. The fourth-order valence-electron chi connectivity index (χ4n) is 3.01. The van der Waals surface area contributed by atoms with E-state index in [0.717, 1.165) is 11.1 Å². The SMILES string of the molecule is C[C@H]1CN(C(=O)OCc2ccccc2)CCN1C(=O)OCc1ccccc1. The minimum Gasteiger partial charge on any atom is -0.445 e. The summed E-state index contributed by atoms with van der Waals surface area (Å²) in [5.74, 6) is 0. The van der Waals surface area contributed by atoms with E-state index >= 15 is 0 Å². The smallest absolute Gasteiger partial charge is 0.410 e. The molecule has 1 fully saturated rings. The molecule has 1 aliphatic heterocycles. The van der Waals surface area contributed by atoms with Crippen molar-refractivity contribution in [2.45, 2.75) is 26.2 Å². The van der Waals surface area contributed by atoms with Crippen LogP contribution in [0.2, 0.25) is 0 Å². The molecule has 2 amide bonds. The van der Waals surface area contributed by atoms with Crippen LogP contribution in [0.5, 0.6) is 0 Å². The molecule has 3 rings (SSSR count). The van der Waals surface area contributed by atoms with E-state index in [1.807, 2.05) is 67.6 Å². The van der Waals surface area contributed by atoms with Crippen LogP contribution in [0.4, 0.5) is 9.59 Å². The quantitative estimate of drug-likeness (QED) is 0.826. The first-order valence-electron chi connectivity index (χ1n) is 9.06. The molecule has 0 radical (unpaired) electrons. The topological polar surface area (TPSA) is 59.1 Å². The van der Waals surface area contributed by atoms with Gasteiger partial charge in [0.2, 0.25) is 0 Å². The molecule has 1 aliphatic rings. The Hall–Kier alpha value is -3.02. The molecule has 142 valence electrons. The molecule has 0 unspecified atom stereocenters. The third-order valence-corrected chi connectivity index (χ3v) is 4.53. The zero-order valence-corrected chi connectivity index (χ0v) is 15.4. The highest BCUT2D eigenvalue weighted by Crippen LogP contribution is 2.14. The summed E-state index contributed by atoms with van der Waals surface area (Å²) in [6, 6.07) is 19.0. The first-order chi connectivity index (χ1) is 13.1. The first-order valence-corrected chi connectivity index (χ1v) is 9.06. The number of benzene rings is 2. The standard InChI is InChI=1S/C21H24N2O4/c1-17-14-22(20(24)26-15-18-8-4-2-5-9-18)12-13-23(17)21(25)27-16-19-10-6-3-7-11-19/h2-11,17H,12-16H2,1H3/t17-/m0/s1. The zero-order valence-electron chi connectivity index (χ0n) is 15.4. The highest BCUT2D eigenvalue weighted by atomic mass is 16.6. The molecule has 6 nitrogen and oxygen atoms in total. The summed E-state index contributed by atoms with van der Waals surface area (Å²) < 4.78 is 10.8. The summed E-state index contributed by atoms with van der Waals surface area (Å²) in [7, 11) is 0. The van der Waals surface area contributed by atoms with Gasteiger partial charge in [-0.2, -0.15) is 0 Å². The lowest BCUT2D eigenvalue weighted by molar-refractivity contribution is 0.0366. The molecule has 2 aromatic rings. The van der Waals surface area contributed by atoms with Gasteiger partial charge in [0, 0.05) is 19.6 Å². The van der Waals surface area contributed by atoms with Crippen molar-refractivity contribution in [2.24, 2.45) is 0 Å². The van der Waals surface area contributed by atoms with Crippen molar-refractivity contribution in [1.82, 2.24) is 9.80 Å². The molecule has 0 bridgehead atoms. The van der Waals surface area contributed by atoms with Crippen LogP contribution in [-0.2, 0) is 22.7 Å². The summed E-state index contributed by atoms with van der Waals surface area (Å²) in [6.07, 6.45) is -0.716. The maximum absolute atomic E-state index is 12.3. The fourth-order valence-corrected chi connectivity index (χ4v) is 3.01. The Morgan fingerprint density at radius 2 is 1.37 bits per heavy atom. The van der Waals surface area contributed by atoms with E-state index in [9.17, 15) is 9.59 Å². The van der Waals surface area contributed by atoms with E-state index in [1.165, 1.54) is 0 Å². The number of hydrogen-bond donors (Lipinski definition) is 0. The molecule has 2 aromatic carbocycles. The minimum absolute atomic E-state index is 0.133. The Morgan fingerprint density at radius 1 is 0.852 bits per heavy atom. The maximum Gasteiger partial charge on any atom is 0.410 e. The van der Waals surface area contributed by atoms with Gasteiger partial charge in [-0.25, -0.2) is 9.59 Å². The van der Waals surface area contributed by atoms with Crippen LogP contribution >= 0.6 is 0 Å². The number of carbonyl (C=O) groups excluding carboxylic acids is 2. The third-order valence-electron chi connectivity index (χ3n) is 4.53. The van der Waals surface area contributed by atoms with Gasteiger partial charge in [0.05, 0.1) is 6.04 Å². The second-order valence-corrected chi connectivity index (χ2v) is 6.57. The van der Waals surface area contributed by atoms with Crippen LogP contribution in [0, 0.1) is 0 Å². The van der Waals surface area contributed by atoms with Gasteiger partial charge in [0.25, 0.3) is 0 Å². The monoisotopic (exact) mass is 368 g/mol. The largest absolute Gasteiger partial charge is 0.445 e. The average molecular weight is 368 g/mol. The van der Waals surface area contributed by atoms with Gasteiger partial charge in [-0.15, -0.1) is 0 Å². The summed E-state index contributed by atoms with van der Waals surface area (Å²) in [5.41, 5.74) is 1.89. The second-order valence-electron chi connectivity index (χ2n) is 6.57. The molecule has 0 spiro atoms. The van der Waals surface area contributed by atoms with E-state index < -0.39 is 0 Å². The van der Waals surface area contributed by atoms with Gasteiger partial charge in [-0.3, -0.25) is 0 Å². The van der Waals surface area contributed by atoms with Gasteiger partial charge in [-0.1, -0.05) is 60.7 Å². The van der Waals surface area contributed by atoms with Crippen molar-refractivity contribution in [3.8, 4) is 0 Å². The van der Waals surface area contributed by atoms with Crippen molar-refractivity contribution in [3.63, 3.8) is 0 Å². The molecule has 0 aromatic heterocycles. The van der Waals surface area contributed by atoms with Gasteiger partial charge in [-0.05, 0) is 18.1 Å². The summed E-state index contributed by atoms with van der Waals surface area (Å²) in [6.45, 7) is 3.67. The Morgan fingerprint density at radius 3 is 1.89 bits per heavy atom. The van der Waals surface area contributed by atoms with Crippen LogP contribution in [0.1, 0.15) is 18.1 Å². The minimum atomic E-state index is -0.358. The third kappa shape index (κ3) is 5.23. The lowest BCUT2D eigenvalue weighted by Crippen LogP contribution is -2.55. The van der Waals surface area contributed by atoms with Crippen LogP contribution in [0.15, 0.2) is 60.7 Å². The zero-order chi connectivity index (χ0) is 19.1. The van der Waals surface area contributed by atoms with Gasteiger partial charge >= 0.3 is 12.2 Å². The average Bonchev–Trinajstić information content (AvgIpc) is 2.71. The fraction of sp³-hybridized carbons (Fsp3) is 0.333. The normalized spacial score (nSPS) is 16.7. The maximum atomic E-state index is 12.3. The Labute approximate surface area is 159 Å². The highest BCUT2D eigenvalue weighted by Gasteiger charge is 2.31. The van der Waals surface area contributed by atoms with Crippen LogP contribution in [0.3, 0.4) is 0 Å². The summed E-state index contributed by atoms with van der Waals surface area (Å²) in [5, 5.41) is 0. The molecular weight excluding hydrogens is 344 g/mol. The van der Waals surface area contributed by atoms with Crippen LogP contribution < -0.4 is 0 Å². The second kappa shape index (κ2) is 9.07. The highest BCUT2D eigenvalue weighted by molar-refractivity contribution is 5.70. The van der Waals surface area contributed by atoms with Gasteiger partial charge in [0.15, 0.2) is 0 Å². The summed E-state index contributed by atoms with van der Waals surface area (Å²) >= 11 is 0. The van der Waals surface area contributed by atoms with E-state index in [1.54, 1.807) is 9.80 Å². The van der Waals surface area contributed by atoms with Crippen LogP contribution in [0.25, 0.3) is 0 Å². The number of piperazine rings is 1. The van der Waals surface area contributed by atoms with Crippen molar-refractivity contribution in [2.75, 3.05) is 19.6 Å². The van der Waals surface area contributed by atoms with E-state index in [4.69, 9.17) is 9.47 Å². The molecule has 1 atom stereocenters.